The molecule has 0 radical (unpaired) electrons. The number of methoxy groups -OCH3 is 2. The Labute approximate surface area is 199 Å². The van der Waals surface area contributed by atoms with Crippen LogP contribution in [0.5, 0.6) is 11.5 Å². The second kappa shape index (κ2) is 9.43. The molecule has 2 amide bonds. The maximum absolute atomic E-state index is 13.8. The van der Waals surface area contributed by atoms with Crippen molar-refractivity contribution in [2.75, 3.05) is 24.4 Å². The van der Waals surface area contributed by atoms with Crippen LogP contribution in [-0.2, 0) is 9.59 Å². The average Bonchev–Trinajstić information content (AvgIpc) is 3.08. The number of amides is 2. The van der Waals surface area contributed by atoms with Gasteiger partial charge in [-0.1, -0.05) is 50.2 Å². The molecule has 1 aliphatic rings. The van der Waals surface area contributed by atoms with Gasteiger partial charge in [-0.25, -0.2) is 4.90 Å². The minimum atomic E-state index is -0.456. The van der Waals surface area contributed by atoms with Crippen LogP contribution in [0.15, 0.2) is 72.4 Å². The van der Waals surface area contributed by atoms with Crippen molar-refractivity contribution < 1.29 is 19.1 Å². The molecule has 6 heteroatoms. The van der Waals surface area contributed by atoms with Crippen LogP contribution in [0.4, 0.5) is 11.4 Å². The van der Waals surface area contributed by atoms with E-state index in [2.05, 4.69) is 19.2 Å². The molecule has 0 bridgehead atoms. The number of carbonyl (C=O) groups is 2. The zero-order valence-corrected chi connectivity index (χ0v) is 20.0. The smallest absolute Gasteiger partial charge is 0.282 e. The number of aryl methyl sites for hydroxylation is 1. The van der Waals surface area contributed by atoms with Gasteiger partial charge in [-0.3, -0.25) is 9.59 Å². The second-order valence-electron chi connectivity index (χ2n) is 8.47. The summed E-state index contributed by atoms with van der Waals surface area (Å²) >= 11 is 0. The van der Waals surface area contributed by atoms with Gasteiger partial charge in [0.25, 0.3) is 11.8 Å². The maximum atomic E-state index is 13.8. The van der Waals surface area contributed by atoms with Crippen LogP contribution >= 0.6 is 0 Å². The summed E-state index contributed by atoms with van der Waals surface area (Å²) in [4.78, 5) is 28.7. The van der Waals surface area contributed by atoms with Crippen LogP contribution in [0.3, 0.4) is 0 Å². The fraction of sp³-hybridized carbons (Fsp3) is 0.214. The van der Waals surface area contributed by atoms with Crippen LogP contribution in [0.1, 0.15) is 36.5 Å². The molecule has 0 aromatic heterocycles. The van der Waals surface area contributed by atoms with Crippen molar-refractivity contribution in [2.45, 2.75) is 26.7 Å². The molecule has 0 atom stereocenters. The molecule has 0 unspecified atom stereocenters. The summed E-state index contributed by atoms with van der Waals surface area (Å²) in [6.45, 7) is 6.14. The number of anilines is 2. The van der Waals surface area contributed by atoms with Crippen molar-refractivity contribution in [1.82, 2.24) is 0 Å². The highest BCUT2D eigenvalue weighted by molar-refractivity contribution is 6.46. The van der Waals surface area contributed by atoms with Gasteiger partial charge in [-0.15, -0.1) is 0 Å². The Morgan fingerprint density at radius 3 is 2.15 bits per heavy atom. The first-order valence-electron chi connectivity index (χ1n) is 11.1. The maximum Gasteiger partial charge on any atom is 0.282 e. The lowest BCUT2D eigenvalue weighted by molar-refractivity contribution is -0.120. The molecule has 34 heavy (non-hydrogen) atoms. The number of rotatable bonds is 7. The van der Waals surface area contributed by atoms with E-state index in [0.29, 0.717) is 34.4 Å². The first kappa shape index (κ1) is 23.1. The van der Waals surface area contributed by atoms with Gasteiger partial charge in [0.15, 0.2) is 0 Å². The summed E-state index contributed by atoms with van der Waals surface area (Å²) < 4.78 is 11.0. The fourth-order valence-corrected chi connectivity index (χ4v) is 4.04. The number of benzene rings is 3. The van der Waals surface area contributed by atoms with Crippen molar-refractivity contribution in [3.63, 3.8) is 0 Å². The number of imide groups is 1. The molecular weight excluding hydrogens is 428 g/mol. The standard InChI is InChI=1S/C28H28N2O4/c1-17(2)19-11-13-20(14-12-19)29-26-25(21-8-6-7-9-23(21)33-4)27(31)30(28(26)32)22-16-18(3)10-15-24(22)34-5/h6-17,29H,1-5H3. The zero-order chi connectivity index (χ0) is 24.4. The molecule has 4 rings (SSSR count). The van der Waals surface area contributed by atoms with Crippen LogP contribution in [0, 0.1) is 6.92 Å². The predicted molar refractivity (Wildman–Crippen MR) is 134 cm³/mol. The van der Waals surface area contributed by atoms with E-state index in [1.165, 1.54) is 17.6 Å². The summed E-state index contributed by atoms with van der Waals surface area (Å²) in [6.07, 6.45) is 0. The lowest BCUT2D eigenvalue weighted by Gasteiger charge is -2.19. The molecule has 3 aromatic rings. The van der Waals surface area contributed by atoms with E-state index in [9.17, 15) is 9.59 Å². The zero-order valence-electron chi connectivity index (χ0n) is 20.0. The Hall–Kier alpha value is -4.06. The summed E-state index contributed by atoms with van der Waals surface area (Å²) in [5.41, 5.74) is 4.18. The Morgan fingerprint density at radius 2 is 1.50 bits per heavy atom. The van der Waals surface area contributed by atoms with Gasteiger partial charge in [0, 0.05) is 11.3 Å². The Morgan fingerprint density at radius 1 is 0.824 bits per heavy atom. The number of hydrogen-bond donors (Lipinski definition) is 1. The number of para-hydroxylation sites is 1. The van der Waals surface area contributed by atoms with Crippen molar-refractivity contribution in [3.05, 3.63) is 89.1 Å². The minimum absolute atomic E-state index is 0.190. The van der Waals surface area contributed by atoms with Crippen molar-refractivity contribution in [3.8, 4) is 11.5 Å². The van der Waals surface area contributed by atoms with E-state index in [4.69, 9.17) is 9.47 Å². The van der Waals surface area contributed by atoms with E-state index in [1.54, 1.807) is 31.4 Å². The predicted octanol–water partition coefficient (Wildman–Crippen LogP) is 5.53. The third-order valence-electron chi connectivity index (χ3n) is 5.88. The van der Waals surface area contributed by atoms with Gasteiger partial charge in [0.05, 0.1) is 25.5 Å². The molecule has 0 saturated carbocycles. The Bertz CT molecular complexity index is 1280. The molecule has 174 valence electrons. The third-order valence-corrected chi connectivity index (χ3v) is 5.88. The molecule has 0 spiro atoms. The van der Waals surface area contributed by atoms with Crippen LogP contribution in [-0.4, -0.2) is 26.0 Å². The highest BCUT2D eigenvalue weighted by Crippen LogP contribution is 2.40. The number of carbonyl (C=O) groups excluding carboxylic acids is 2. The van der Waals surface area contributed by atoms with Gasteiger partial charge < -0.3 is 14.8 Å². The highest BCUT2D eigenvalue weighted by atomic mass is 16.5. The fourth-order valence-electron chi connectivity index (χ4n) is 4.04. The van der Waals surface area contributed by atoms with Crippen LogP contribution < -0.4 is 19.7 Å². The minimum Gasteiger partial charge on any atom is -0.496 e. The lowest BCUT2D eigenvalue weighted by atomic mass is 10.0. The van der Waals surface area contributed by atoms with E-state index in [0.717, 1.165) is 5.56 Å². The number of ether oxygens (including phenoxy) is 2. The largest absolute Gasteiger partial charge is 0.496 e. The Balaban J connectivity index is 1.86. The van der Waals surface area contributed by atoms with Crippen molar-refractivity contribution >= 4 is 28.8 Å². The third kappa shape index (κ3) is 4.15. The summed E-state index contributed by atoms with van der Waals surface area (Å²) in [6, 6.07) is 20.4. The first-order chi connectivity index (χ1) is 16.3. The topological polar surface area (TPSA) is 67.9 Å². The molecular formula is C28H28N2O4. The van der Waals surface area contributed by atoms with Crippen LogP contribution in [0.25, 0.3) is 5.57 Å². The second-order valence-corrected chi connectivity index (χ2v) is 8.47. The van der Waals surface area contributed by atoms with E-state index >= 15 is 0 Å². The van der Waals surface area contributed by atoms with Gasteiger partial charge in [-0.2, -0.15) is 0 Å². The van der Waals surface area contributed by atoms with Crippen molar-refractivity contribution in [2.24, 2.45) is 0 Å². The summed E-state index contributed by atoms with van der Waals surface area (Å²) in [5.74, 6) is 0.430. The number of nitrogens with one attached hydrogen (secondary N) is 1. The number of nitrogens with zero attached hydrogens (tertiary/aromatic N) is 1. The molecule has 0 aliphatic carbocycles. The molecule has 1 aliphatic heterocycles. The van der Waals surface area contributed by atoms with Gasteiger partial charge in [0.1, 0.15) is 17.2 Å². The first-order valence-corrected chi connectivity index (χ1v) is 11.1. The summed E-state index contributed by atoms with van der Waals surface area (Å²) in [7, 11) is 3.06. The van der Waals surface area contributed by atoms with Crippen LogP contribution in [0.2, 0.25) is 0 Å². The van der Waals surface area contributed by atoms with E-state index in [-0.39, 0.29) is 11.3 Å². The number of hydrogen-bond acceptors (Lipinski definition) is 5. The van der Waals surface area contributed by atoms with Gasteiger partial charge >= 0.3 is 0 Å². The molecule has 1 N–H and O–H groups in total. The van der Waals surface area contributed by atoms with Crippen molar-refractivity contribution in [1.29, 1.82) is 0 Å². The monoisotopic (exact) mass is 456 g/mol. The molecule has 3 aromatic carbocycles. The van der Waals surface area contributed by atoms with E-state index in [1.807, 2.05) is 49.4 Å². The van der Waals surface area contributed by atoms with E-state index < -0.39 is 11.8 Å². The molecule has 1 heterocycles. The SMILES string of the molecule is COc1ccccc1C1=C(Nc2ccc(C(C)C)cc2)C(=O)N(c2cc(C)ccc2OC)C1=O. The normalized spacial score (nSPS) is 13.6. The quantitative estimate of drug-likeness (QED) is 0.473. The molecule has 0 saturated heterocycles. The average molecular weight is 457 g/mol. The van der Waals surface area contributed by atoms with Gasteiger partial charge in [0.2, 0.25) is 0 Å². The molecule has 0 fully saturated rings. The van der Waals surface area contributed by atoms with Gasteiger partial charge in [-0.05, 0) is 54.3 Å². The summed E-state index contributed by atoms with van der Waals surface area (Å²) in [5, 5.41) is 3.21. The highest BCUT2D eigenvalue weighted by Gasteiger charge is 2.42. The lowest BCUT2D eigenvalue weighted by Crippen LogP contribution is -2.32. The Kier molecular flexibility index (Phi) is 6.41. The molecule has 6 nitrogen and oxygen atoms in total.